The van der Waals surface area contributed by atoms with Crippen molar-refractivity contribution in [3.8, 4) is 5.75 Å². The van der Waals surface area contributed by atoms with Gasteiger partial charge >= 0.3 is 11.9 Å². The maximum Gasteiger partial charge on any atom is 0.326 e. The summed E-state index contributed by atoms with van der Waals surface area (Å²) < 4.78 is 0. The van der Waals surface area contributed by atoms with Crippen LogP contribution in [0.3, 0.4) is 0 Å². The number of carbonyl (C=O) groups excluding carboxylic acids is 3. The molecule has 0 aliphatic heterocycles. The molecule has 0 spiro atoms. The van der Waals surface area contributed by atoms with Crippen LogP contribution in [0.5, 0.6) is 5.75 Å². The van der Waals surface area contributed by atoms with Crippen molar-refractivity contribution < 1.29 is 39.3 Å². The highest BCUT2D eigenvalue weighted by Gasteiger charge is 2.32. The monoisotopic (exact) mass is 526 g/mol. The first-order valence-electron chi connectivity index (χ1n) is 11.2. The summed E-state index contributed by atoms with van der Waals surface area (Å²) in [5.41, 5.74) is 6.72. The average molecular weight is 527 g/mol. The van der Waals surface area contributed by atoms with Gasteiger partial charge in [0.2, 0.25) is 17.7 Å². The van der Waals surface area contributed by atoms with Crippen molar-refractivity contribution in [3.63, 3.8) is 0 Å². The smallest absolute Gasteiger partial charge is 0.326 e. The molecular weight excluding hydrogens is 492 g/mol. The highest BCUT2D eigenvalue weighted by atomic mass is 32.2. The minimum atomic E-state index is -1.67. The standard InChI is InChI=1S/C23H34N4O8S/c1-12(2)19(22(33)26-17(23(34)35)11-18(29)30)27-21(32)16(8-9-36-3)25-20(31)15(24)10-13-4-6-14(28)7-5-13/h4-7,12,15-17,19,28H,8-11,24H2,1-3H3,(H,25,31)(H,26,33)(H,27,32)(H,29,30)(H,34,35). The van der Waals surface area contributed by atoms with E-state index in [9.17, 15) is 34.2 Å². The van der Waals surface area contributed by atoms with Gasteiger partial charge in [-0.3, -0.25) is 19.2 Å². The Bertz CT molecular complexity index is 925. The summed E-state index contributed by atoms with van der Waals surface area (Å²) in [6.45, 7) is 3.25. The number of phenolic OH excluding ortho intramolecular Hbond substituents is 1. The first-order valence-corrected chi connectivity index (χ1v) is 12.6. The predicted molar refractivity (Wildman–Crippen MR) is 133 cm³/mol. The topological polar surface area (TPSA) is 208 Å². The molecule has 0 heterocycles. The van der Waals surface area contributed by atoms with E-state index in [0.29, 0.717) is 11.3 Å². The number of nitrogens with one attached hydrogen (secondary N) is 3. The van der Waals surface area contributed by atoms with Crippen LogP contribution in [0, 0.1) is 5.92 Å². The van der Waals surface area contributed by atoms with Crippen LogP contribution in [0.25, 0.3) is 0 Å². The minimum Gasteiger partial charge on any atom is -0.508 e. The van der Waals surface area contributed by atoms with Crippen LogP contribution in [0.1, 0.15) is 32.3 Å². The van der Waals surface area contributed by atoms with Crippen LogP contribution in [0.4, 0.5) is 0 Å². The van der Waals surface area contributed by atoms with E-state index in [2.05, 4.69) is 16.0 Å². The maximum atomic E-state index is 13.0. The van der Waals surface area contributed by atoms with Crippen LogP contribution in [-0.4, -0.2) is 81.2 Å². The number of hydrogen-bond donors (Lipinski definition) is 7. The molecule has 13 heteroatoms. The van der Waals surface area contributed by atoms with Crippen LogP contribution in [-0.2, 0) is 30.4 Å². The molecule has 4 unspecified atom stereocenters. The number of aliphatic carboxylic acids is 2. The Morgan fingerprint density at radius 1 is 0.917 bits per heavy atom. The van der Waals surface area contributed by atoms with Gasteiger partial charge in [-0.15, -0.1) is 0 Å². The Labute approximate surface area is 213 Å². The van der Waals surface area contributed by atoms with Crippen LogP contribution in [0.2, 0.25) is 0 Å². The number of amides is 3. The van der Waals surface area contributed by atoms with Gasteiger partial charge in [-0.25, -0.2) is 4.79 Å². The first kappa shape index (κ1) is 30.7. The fraction of sp³-hybridized carbons (Fsp3) is 0.522. The third kappa shape index (κ3) is 10.5. The Kier molecular flexibility index (Phi) is 12.7. The lowest BCUT2D eigenvalue weighted by molar-refractivity contribution is -0.147. The van der Waals surface area contributed by atoms with Gasteiger partial charge in [-0.2, -0.15) is 11.8 Å². The first-order chi connectivity index (χ1) is 16.8. The largest absolute Gasteiger partial charge is 0.508 e. The molecule has 1 aromatic carbocycles. The Hall–Kier alpha value is -3.32. The normalized spacial score (nSPS) is 14.2. The van der Waals surface area contributed by atoms with Crippen LogP contribution >= 0.6 is 11.8 Å². The number of carbonyl (C=O) groups is 5. The molecule has 4 atom stereocenters. The van der Waals surface area contributed by atoms with E-state index in [0.717, 1.165) is 0 Å². The van der Waals surface area contributed by atoms with Gasteiger partial charge in [0.1, 0.15) is 23.9 Å². The van der Waals surface area contributed by atoms with Crippen molar-refractivity contribution in [3.05, 3.63) is 29.8 Å². The summed E-state index contributed by atoms with van der Waals surface area (Å²) in [5, 5.41) is 34.7. The molecule has 0 aliphatic carbocycles. The molecule has 36 heavy (non-hydrogen) atoms. The average Bonchev–Trinajstić information content (AvgIpc) is 2.80. The van der Waals surface area contributed by atoms with Crippen molar-refractivity contribution >= 4 is 41.4 Å². The van der Waals surface area contributed by atoms with Crippen LogP contribution < -0.4 is 21.7 Å². The maximum absolute atomic E-state index is 13.0. The second-order valence-electron chi connectivity index (χ2n) is 8.55. The van der Waals surface area contributed by atoms with Gasteiger partial charge in [0.25, 0.3) is 0 Å². The van der Waals surface area contributed by atoms with Crippen LogP contribution in [0.15, 0.2) is 24.3 Å². The molecule has 12 nitrogen and oxygen atoms in total. The highest BCUT2D eigenvalue weighted by molar-refractivity contribution is 7.98. The number of phenols is 1. The lowest BCUT2D eigenvalue weighted by atomic mass is 10.0. The summed E-state index contributed by atoms with van der Waals surface area (Å²) in [6, 6.07) is 1.36. The number of nitrogens with two attached hydrogens (primary N) is 1. The van der Waals surface area contributed by atoms with Crippen molar-refractivity contribution in [1.82, 2.24) is 16.0 Å². The molecule has 3 amide bonds. The molecule has 0 radical (unpaired) electrons. The van der Waals surface area contributed by atoms with Crippen molar-refractivity contribution in [1.29, 1.82) is 0 Å². The number of benzene rings is 1. The van der Waals surface area contributed by atoms with Gasteiger partial charge in [-0.1, -0.05) is 26.0 Å². The fourth-order valence-electron chi connectivity index (χ4n) is 3.19. The zero-order chi connectivity index (χ0) is 27.4. The molecule has 0 aromatic heterocycles. The summed E-state index contributed by atoms with van der Waals surface area (Å²) >= 11 is 1.45. The van der Waals surface area contributed by atoms with E-state index in [1.807, 2.05) is 6.26 Å². The quantitative estimate of drug-likeness (QED) is 0.158. The Morgan fingerprint density at radius 2 is 1.50 bits per heavy atom. The minimum absolute atomic E-state index is 0.0759. The van der Waals surface area contributed by atoms with E-state index >= 15 is 0 Å². The zero-order valence-electron chi connectivity index (χ0n) is 20.4. The van der Waals surface area contributed by atoms with Crippen molar-refractivity contribution in [2.24, 2.45) is 11.7 Å². The number of carboxylic acids is 2. The van der Waals surface area contributed by atoms with Gasteiger partial charge < -0.3 is 37.0 Å². The molecule has 0 saturated carbocycles. The summed E-state index contributed by atoms with van der Waals surface area (Å²) in [6.07, 6.45) is 1.41. The second kappa shape index (κ2) is 14.9. The third-order valence-electron chi connectivity index (χ3n) is 5.21. The zero-order valence-corrected chi connectivity index (χ0v) is 21.2. The SMILES string of the molecule is CSCCC(NC(=O)C(N)Cc1ccc(O)cc1)C(=O)NC(C(=O)NC(CC(=O)O)C(=O)O)C(C)C. The summed E-state index contributed by atoms with van der Waals surface area (Å²) in [7, 11) is 0. The summed E-state index contributed by atoms with van der Waals surface area (Å²) in [5.74, 6) is -4.90. The molecule has 0 aliphatic rings. The molecule has 1 rings (SSSR count). The number of hydrogen-bond acceptors (Lipinski definition) is 8. The fourth-order valence-corrected chi connectivity index (χ4v) is 3.66. The van der Waals surface area contributed by atoms with Gasteiger partial charge in [0.15, 0.2) is 0 Å². The molecule has 1 aromatic rings. The number of thioether (sulfide) groups is 1. The number of aromatic hydroxyl groups is 1. The number of carboxylic acid groups (broad SMARTS) is 2. The molecule has 8 N–H and O–H groups in total. The number of rotatable bonds is 15. The third-order valence-corrected chi connectivity index (χ3v) is 5.86. The van der Waals surface area contributed by atoms with E-state index in [-0.39, 0.29) is 18.6 Å². The predicted octanol–water partition coefficient (Wildman–Crippen LogP) is -0.315. The van der Waals surface area contributed by atoms with E-state index in [4.69, 9.17) is 10.8 Å². The van der Waals surface area contributed by atoms with Crippen molar-refractivity contribution in [2.45, 2.75) is 57.3 Å². The van der Waals surface area contributed by atoms with E-state index in [1.54, 1.807) is 26.0 Å². The lowest BCUT2D eigenvalue weighted by Crippen LogP contribution is -2.58. The molecule has 0 saturated heterocycles. The Morgan fingerprint density at radius 3 is 2.00 bits per heavy atom. The highest BCUT2D eigenvalue weighted by Crippen LogP contribution is 2.12. The molecular formula is C23H34N4O8S. The van der Waals surface area contributed by atoms with Crippen molar-refractivity contribution in [2.75, 3.05) is 12.0 Å². The molecule has 0 bridgehead atoms. The Balaban J connectivity index is 2.91. The molecule has 0 fully saturated rings. The van der Waals surface area contributed by atoms with Gasteiger partial charge in [0.05, 0.1) is 12.5 Å². The summed E-state index contributed by atoms with van der Waals surface area (Å²) in [4.78, 5) is 60.6. The lowest BCUT2D eigenvalue weighted by Gasteiger charge is -2.27. The van der Waals surface area contributed by atoms with E-state index < -0.39 is 66.2 Å². The van der Waals surface area contributed by atoms with E-state index in [1.165, 1.54) is 23.9 Å². The van der Waals surface area contributed by atoms with Gasteiger partial charge in [-0.05, 0) is 48.5 Å². The van der Waals surface area contributed by atoms with Gasteiger partial charge in [0, 0.05) is 0 Å². The molecule has 200 valence electrons. The second-order valence-corrected chi connectivity index (χ2v) is 9.53.